The molecule has 0 radical (unpaired) electrons. The van der Waals surface area contributed by atoms with Crippen LogP contribution in [0.5, 0.6) is 0 Å². The van der Waals surface area contributed by atoms with E-state index in [1.54, 1.807) is 0 Å². The fraction of sp³-hybridized carbons (Fsp3) is 0.882. The number of piperazine rings is 1. The van der Waals surface area contributed by atoms with Gasteiger partial charge >= 0.3 is 0 Å². The minimum atomic E-state index is -0.570. The molecule has 2 atom stereocenters. The van der Waals surface area contributed by atoms with Gasteiger partial charge in [0.15, 0.2) is 0 Å². The molecule has 1 N–H and O–H groups in total. The van der Waals surface area contributed by atoms with Crippen molar-refractivity contribution in [2.24, 2.45) is 5.92 Å². The van der Waals surface area contributed by atoms with Gasteiger partial charge in [-0.3, -0.25) is 9.59 Å². The first-order valence-corrected chi connectivity index (χ1v) is 8.76. The second-order valence-corrected chi connectivity index (χ2v) is 7.16. The number of nitrogens with zero attached hydrogens (tertiary/aromatic N) is 1. The van der Waals surface area contributed by atoms with Crippen LogP contribution in [0.4, 0.5) is 0 Å². The molecular weight excluding hydrogens is 264 g/mol. The van der Waals surface area contributed by atoms with Crippen molar-refractivity contribution in [3.63, 3.8) is 0 Å². The highest BCUT2D eigenvalue weighted by Crippen LogP contribution is 2.40. The minimum absolute atomic E-state index is 0.0771. The van der Waals surface area contributed by atoms with Crippen molar-refractivity contribution in [3.8, 4) is 0 Å². The molecule has 3 rings (SSSR count). The number of amides is 2. The van der Waals surface area contributed by atoms with E-state index in [-0.39, 0.29) is 23.9 Å². The van der Waals surface area contributed by atoms with Gasteiger partial charge in [0.1, 0.15) is 11.6 Å². The van der Waals surface area contributed by atoms with Gasteiger partial charge in [-0.25, -0.2) is 0 Å². The molecule has 3 fully saturated rings. The van der Waals surface area contributed by atoms with Crippen LogP contribution < -0.4 is 5.32 Å². The molecule has 21 heavy (non-hydrogen) atoms. The van der Waals surface area contributed by atoms with Crippen molar-refractivity contribution >= 4 is 11.8 Å². The molecule has 0 aromatic heterocycles. The predicted octanol–water partition coefficient (Wildman–Crippen LogP) is 2.61. The topological polar surface area (TPSA) is 49.4 Å². The summed E-state index contributed by atoms with van der Waals surface area (Å²) >= 11 is 0. The summed E-state index contributed by atoms with van der Waals surface area (Å²) in [5.41, 5.74) is -0.570. The molecule has 1 saturated heterocycles. The highest BCUT2D eigenvalue weighted by molar-refractivity contribution is 6.00. The summed E-state index contributed by atoms with van der Waals surface area (Å²) in [5.74, 6) is 1.07. The third kappa shape index (κ3) is 2.58. The highest BCUT2D eigenvalue weighted by Gasteiger charge is 2.53. The van der Waals surface area contributed by atoms with E-state index in [1.165, 1.54) is 12.8 Å². The number of hydrogen-bond donors (Lipinski definition) is 1. The summed E-state index contributed by atoms with van der Waals surface area (Å²) in [5, 5.41) is 3.09. The number of carbonyl (C=O) groups is 2. The van der Waals surface area contributed by atoms with Crippen molar-refractivity contribution in [3.05, 3.63) is 0 Å². The minimum Gasteiger partial charge on any atom is -0.340 e. The molecule has 0 aromatic carbocycles. The van der Waals surface area contributed by atoms with Gasteiger partial charge in [-0.2, -0.15) is 0 Å². The lowest BCUT2D eigenvalue weighted by atomic mass is 9.87. The van der Waals surface area contributed by atoms with Crippen LogP contribution in [0.1, 0.15) is 71.6 Å². The van der Waals surface area contributed by atoms with Crippen LogP contribution >= 0.6 is 0 Å². The Kier molecular flexibility index (Phi) is 3.98. The van der Waals surface area contributed by atoms with Gasteiger partial charge in [-0.05, 0) is 38.0 Å². The van der Waals surface area contributed by atoms with E-state index in [2.05, 4.69) is 12.2 Å². The van der Waals surface area contributed by atoms with Gasteiger partial charge in [-0.15, -0.1) is 0 Å². The van der Waals surface area contributed by atoms with Crippen molar-refractivity contribution in [1.29, 1.82) is 0 Å². The average molecular weight is 292 g/mol. The maximum Gasteiger partial charge on any atom is 0.249 e. The molecule has 2 aliphatic carbocycles. The standard InChI is InChI=1S/C17H28N2O2/c1-3-13(11-12-7-8-12)19-14(4-2)15(20)18-17(16(19)21)9-5-6-10-17/h12-14H,3-11H2,1-2H3,(H,18,20). The van der Waals surface area contributed by atoms with Crippen LogP contribution in [0.25, 0.3) is 0 Å². The number of hydrogen-bond acceptors (Lipinski definition) is 2. The first-order valence-electron chi connectivity index (χ1n) is 8.76. The van der Waals surface area contributed by atoms with Crippen LogP contribution in [-0.4, -0.2) is 34.3 Å². The van der Waals surface area contributed by atoms with Crippen LogP contribution in [0, 0.1) is 5.92 Å². The van der Waals surface area contributed by atoms with E-state index in [0.29, 0.717) is 0 Å². The lowest BCUT2D eigenvalue weighted by molar-refractivity contribution is -0.158. The van der Waals surface area contributed by atoms with Crippen LogP contribution in [-0.2, 0) is 9.59 Å². The highest BCUT2D eigenvalue weighted by atomic mass is 16.2. The van der Waals surface area contributed by atoms with E-state index in [1.807, 2.05) is 11.8 Å². The Morgan fingerprint density at radius 2 is 1.90 bits per heavy atom. The normalized spacial score (nSPS) is 29.8. The van der Waals surface area contributed by atoms with Crippen molar-refractivity contribution < 1.29 is 9.59 Å². The number of nitrogens with one attached hydrogen (secondary N) is 1. The van der Waals surface area contributed by atoms with Gasteiger partial charge in [0.05, 0.1) is 0 Å². The first kappa shape index (κ1) is 14.9. The van der Waals surface area contributed by atoms with Gasteiger partial charge in [0.25, 0.3) is 0 Å². The second kappa shape index (κ2) is 5.62. The summed E-state index contributed by atoms with van der Waals surface area (Å²) in [7, 11) is 0. The fourth-order valence-electron chi connectivity index (χ4n) is 4.22. The SMILES string of the molecule is CCC(CC1CC1)N1C(=O)C2(CCCC2)NC(=O)C1CC. The summed E-state index contributed by atoms with van der Waals surface area (Å²) < 4.78 is 0. The molecule has 1 heterocycles. The zero-order valence-corrected chi connectivity index (χ0v) is 13.4. The van der Waals surface area contributed by atoms with E-state index < -0.39 is 5.54 Å². The second-order valence-electron chi connectivity index (χ2n) is 7.16. The lowest BCUT2D eigenvalue weighted by Gasteiger charge is -2.47. The Hall–Kier alpha value is -1.06. The van der Waals surface area contributed by atoms with Crippen LogP contribution in [0.3, 0.4) is 0 Å². The summed E-state index contributed by atoms with van der Waals surface area (Å²) in [6.07, 6.45) is 9.11. The summed E-state index contributed by atoms with van der Waals surface area (Å²) in [4.78, 5) is 27.7. The van der Waals surface area contributed by atoms with Gasteiger partial charge in [0.2, 0.25) is 11.8 Å². The third-order valence-electron chi connectivity index (χ3n) is 5.66. The Bertz CT molecular complexity index is 425. The molecule has 1 spiro atoms. The van der Waals surface area contributed by atoms with Crippen molar-refractivity contribution in [2.75, 3.05) is 0 Å². The Balaban J connectivity index is 1.87. The quantitative estimate of drug-likeness (QED) is 0.847. The lowest BCUT2D eigenvalue weighted by Crippen LogP contribution is -2.71. The number of carbonyl (C=O) groups excluding carboxylic acids is 2. The maximum atomic E-state index is 13.2. The average Bonchev–Trinajstić information content (AvgIpc) is 3.18. The maximum absolute atomic E-state index is 13.2. The molecule has 4 nitrogen and oxygen atoms in total. The summed E-state index contributed by atoms with van der Waals surface area (Å²) in [6, 6.07) is -0.00843. The Morgan fingerprint density at radius 3 is 2.43 bits per heavy atom. The van der Waals surface area contributed by atoms with Gasteiger partial charge in [-0.1, -0.05) is 39.5 Å². The predicted molar refractivity (Wildman–Crippen MR) is 81.7 cm³/mol. The van der Waals surface area contributed by atoms with E-state index in [0.717, 1.165) is 50.9 Å². The summed E-state index contributed by atoms with van der Waals surface area (Å²) in [6.45, 7) is 4.17. The molecular formula is C17H28N2O2. The van der Waals surface area contributed by atoms with E-state index in [4.69, 9.17) is 0 Å². The smallest absolute Gasteiger partial charge is 0.249 e. The van der Waals surface area contributed by atoms with Crippen LogP contribution in [0.15, 0.2) is 0 Å². The first-order chi connectivity index (χ1) is 10.1. The largest absolute Gasteiger partial charge is 0.340 e. The van der Waals surface area contributed by atoms with Gasteiger partial charge in [0, 0.05) is 6.04 Å². The third-order valence-corrected chi connectivity index (χ3v) is 5.66. The van der Waals surface area contributed by atoms with Crippen molar-refractivity contribution in [1.82, 2.24) is 10.2 Å². The monoisotopic (exact) mass is 292 g/mol. The molecule has 4 heteroatoms. The zero-order valence-electron chi connectivity index (χ0n) is 13.4. The molecule has 3 aliphatic rings. The molecule has 1 aliphatic heterocycles. The molecule has 2 unspecified atom stereocenters. The molecule has 2 saturated carbocycles. The van der Waals surface area contributed by atoms with Gasteiger partial charge < -0.3 is 10.2 Å². The van der Waals surface area contributed by atoms with E-state index in [9.17, 15) is 9.59 Å². The molecule has 2 amide bonds. The molecule has 118 valence electrons. The molecule has 0 aromatic rings. The van der Waals surface area contributed by atoms with Crippen LogP contribution in [0.2, 0.25) is 0 Å². The Morgan fingerprint density at radius 1 is 1.24 bits per heavy atom. The fourth-order valence-corrected chi connectivity index (χ4v) is 4.22. The zero-order chi connectivity index (χ0) is 15.0. The number of rotatable bonds is 5. The van der Waals surface area contributed by atoms with Crippen molar-refractivity contribution in [2.45, 2.75) is 89.3 Å². The van der Waals surface area contributed by atoms with E-state index >= 15 is 0 Å². The molecule has 0 bridgehead atoms. The Labute approximate surface area is 127 Å².